The van der Waals surface area contributed by atoms with Gasteiger partial charge in [-0.25, -0.2) is 4.79 Å². The van der Waals surface area contributed by atoms with Gasteiger partial charge in [-0.15, -0.1) is 6.42 Å². The van der Waals surface area contributed by atoms with Crippen LogP contribution in [0.2, 0.25) is 0 Å². The van der Waals surface area contributed by atoms with Crippen LogP contribution in [0.1, 0.15) is 15.9 Å². The van der Waals surface area contributed by atoms with E-state index in [1.807, 2.05) is 36.4 Å². The van der Waals surface area contributed by atoms with Crippen molar-refractivity contribution in [1.29, 1.82) is 0 Å². The molecule has 1 N–H and O–H groups in total. The zero-order chi connectivity index (χ0) is 12.3. The Kier molecular flexibility index (Phi) is 2.93. The number of hydrogen-bond donors (Lipinski definition) is 1. The van der Waals surface area contributed by atoms with Crippen LogP contribution in [0.5, 0.6) is 0 Å². The molecule has 0 aliphatic carbocycles. The predicted octanol–water partition coefficient (Wildman–Crippen LogP) is 3.03. The van der Waals surface area contributed by atoms with Gasteiger partial charge in [0.15, 0.2) is 0 Å². The summed E-state index contributed by atoms with van der Waals surface area (Å²) in [6, 6.07) is 14.5. The second-order valence-corrected chi connectivity index (χ2v) is 3.54. The summed E-state index contributed by atoms with van der Waals surface area (Å²) in [6.45, 7) is 0. The molecule has 0 spiro atoms. The van der Waals surface area contributed by atoms with Crippen LogP contribution >= 0.6 is 0 Å². The molecule has 2 nitrogen and oxygen atoms in total. The smallest absolute Gasteiger partial charge is 0.336 e. The van der Waals surface area contributed by atoms with E-state index in [-0.39, 0.29) is 5.56 Å². The number of carboxylic acid groups (broad SMARTS) is 1. The number of terminal acetylenes is 1. The fraction of sp³-hybridized carbons (Fsp3) is 0. The number of benzene rings is 2. The van der Waals surface area contributed by atoms with Gasteiger partial charge in [0.05, 0.1) is 5.56 Å². The van der Waals surface area contributed by atoms with Crippen molar-refractivity contribution in [3.05, 3.63) is 59.7 Å². The van der Waals surface area contributed by atoms with E-state index in [1.165, 1.54) is 6.07 Å². The lowest BCUT2D eigenvalue weighted by atomic mass is 9.96. The van der Waals surface area contributed by atoms with E-state index in [4.69, 9.17) is 11.5 Å². The second-order valence-electron chi connectivity index (χ2n) is 3.54. The Bertz CT molecular complexity index is 592. The van der Waals surface area contributed by atoms with E-state index in [9.17, 15) is 4.79 Å². The molecular formula is C15H10O2. The van der Waals surface area contributed by atoms with Crippen molar-refractivity contribution in [2.45, 2.75) is 0 Å². The summed E-state index contributed by atoms with van der Waals surface area (Å²) < 4.78 is 0. The van der Waals surface area contributed by atoms with Crippen molar-refractivity contribution < 1.29 is 9.90 Å². The molecule has 0 radical (unpaired) electrons. The minimum absolute atomic E-state index is 0.161. The van der Waals surface area contributed by atoms with Crippen LogP contribution in [-0.2, 0) is 0 Å². The van der Waals surface area contributed by atoms with Crippen LogP contribution in [-0.4, -0.2) is 11.1 Å². The van der Waals surface area contributed by atoms with E-state index in [1.54, 1.807) is 6.07 Å². The van der Waals surface area contributed by atoms with Gasteiger partial charge in [-0.1, -0.05) is 48.4 Å². The summed E-state index contributed by atoms with van der Waals surface area (Å²) >= 11 is 0. The largest absolute Gasteiger partial charge is 0.478 e. The molecule has 0 atom stereocenters. The molecule has 17 heavy (non-hydrogen) atoms. The SMILES string of the molecule is C#Cc1c(C(=O)O)cccc1-c1ccccc1. The van der Waals surface area contributed by atoms with Crippen molar-refractivity contribution in [2.24, 2.45) is 0 Å². The van der Waals surface area contributed by atoms with Gasteiger partial charge in [0.25, 0.3) is 0 Å². The molecule has 0 fully saturated rings. The molecule has 2 heteroatoms. The highest BCUT2D eigenvalue weighted by molar-refractivity contribution is 5.94. The van der Waals surface area contributed by atoms with E-state index in [0.717, 1.165) is 11.1 Å². The standard InChI is InChI=1S/C15H10O2/c1-2-12-13(11-7-4-3-5-8-11)9-6-10-14(12)15(16)17/h1,3-10H,(H,16,17). The fourth-order valence-corrected chi connectivity index (χ4v) is 1.74. The molecule has 0 amide bonds. The molecule has 82 valence electrons. The van der Waals surface area contributed by atoms with Gasteiger partial charge < -0.3 is 5.11 Å². The molecule has 2 rings (SSSR count). The van der Waals surface area contributed by atoms with Gasteiger partial charge in [0, 0.05) is 5.56 Å². The summed E-state index contributed by atoms with van der Waals surface area (Å²) in [5.74, 6) is 1.46. The van der Waals surface area contributed by atoms with Crippen LogP contribution in [0, 0.1) is 12.3 Å². The molecule has 0 heterocycles. The Balaban J connectivity index is 2.68. The molecule has 0 aromatic heterocycles. The highest BCUT2D eigenvalue weighted by Gasteiger charge is 2.12. The Morgan fingerprint density at radius 2 is 1.76 bits per heavy atom. The second kappa shape index (κ2) is 4.54. The molecule has 0 saturated carbocycles. The molecule has 0 bridgehead atoms. The minimum atomic E-state index is -1.00. The average Bonchev–Trinajstić information content (AvgIpc) is 2.38. The van der Waals surface area contributed by atoms with Crippen LogP contribution in [0.25, 0.3) is 11.1 Å². The Labute approximate surface area is 99.5 Å². The lowest BCUT2D eigenvalue weighted by Crippen LogP contribution is -2.01. The molecule has 0 unspecified atom stereocenters. The van der Waals surface area contributed by atoms with E-state index in [2.05, 4.69) is 5.92 Å². The lowest BCUT2D eigenvalue weighted by molar-refractivity contribution is 0.0696. The summed E-state index contributed by atoms with van der Waals surface area (Å²) in [7, 11) is 0. The summed E-state index contributed by atoms with van der Waals surface area (Å²) in [6.07, 6.45) is 5.41. The Morgan fingerprint density at radius 3 is 2.35 bits per heavy atom. The number of hydrogen-bond acceptors (Lipinski definition) is 1. The molecule has 0 saturated heterocycles. The highest BCUT2D eigenvalue weighted by atomic mass is 16.4. The first-order valence-electron chi connectivity index (χ1n) is 5.12. The quantitative estimate of drug-likeness (QED) is 0.793. The normalized spacial score (nSPS) is 9.59. The van der Waals surface area contributed by atoms with Crippen LogP contribution in [0.4, 0.5) is 0 Å². The van der Waals surface area contributed by atoms with Crippen LogP contribution in [0.15, 0.2) is 48.5 Å². The maximum atomic E-state index is 11.1. The topological polar surface area (TPSA) is 37.3 Å². The number of carboxylic acids is 1. The van der Waals surface area contributed by atoms with Crippen molar-refractivity contribution in [3.8, 4) is 23.5 Å². The molecule has 2 aromatic rings. The number of rotatable bonds is 2. The molecular weight excluding hydrogens is 212 g/mol. The van der Waals surface area contributed by atoms with E-state index < -0.39 is 5.97 Å². The molecule has 2 aromatic carbocycles. The third kappa shape index (κ3) is 2.04. The Morgan fingerprint density at radius 1 is 1.06 bits per heavy atom. The summed E-state index contributed by atoms with van der Waals surface area (Å²) in [4.78, 5) is 11.1. The summed E-state index contributed by atoms with van der Waals surface area (Å²) in [5.41, 5.74) is 2.27. The number of aromatic carboxylic acids is 1. The zero-order valence-corrected chi connectivity index (χ0v) is 9.05. The molecule has 0 aliphatic rings. The zero-order valence-electron chi connectivity index (χ0n) is 9.05. The average molecular weight is 222 g/mol. The van der Waals surface area contributed by atoms with Crippen LogP contribution in [0.3, 0.4) is 0 Å². The van der Waals surface area contributed by atoms with Crippen molar-refractivity contribution >= 4 is 5.97 Å². The first-order valence-corrected chi connectivity index (χ1v) is 5.12. The van der Waals surface area contributed by atoms with Crippen molar-refractivity contribution in [2.75, 3.05) is 0 Å². The summed E-state index contributed by atoms with van der Waals surface area (Å²) in [5, 5.41) is 9.07. The van der Waals surface area contributed by atoms with Gasteiger partial charge in [-0.2, -0.15) is 0 Å². The lowest BCUT2D eigenvalue weighted by Gasteiger charge is -2.07. The van der Waals surface area contributed by atoms with E-state index in [0.29, 0.717) is 5.56 Å². The van der Waals surface area contributed by atoms with Crippen LogP contribution < -0.4 is 0 Å². The highest BCUT2D eigenvalue weighted by Crippen LogP contribution is 2.25. The van der Waals surface area contributed by atoms with E-state index >= 15 is 0 Å². The third-order valence-corrected chi connectivity index (χ3v) is 2.52. The Hall–Kier alpha value is -2.53. The predicted molar refractivity (Wildman–Crippen MR) is 66.8 cm³/mol. The van der Waals surface area contributed by atoms with Crippen molar-refractivity contribution in [3.63, 3.8) is 0 Å². The minimum Gasteiger partial charge on any atom is -0.478 e. The van der Waals surface area contributed by atoms with Gasteiger partial charge in [0.1, 0.15) is 0 Å². The third-order valence-electron chi connectivity index (χ3n) is 2.52. The molecule has 0 aliphatic heterocycles. The number of carbonyl (C=O) groups is 1. The van der Waals surface area contributed by atoms with Gasteiger partial charge in [-0.05, 0) is 17.2 Å². The maximum Gasteiger partial charge on any atom is 0.336 e. The maximum absolute atomic E-state index is 11.1. The van der Waals surface area contributed by atoms with Crippen molar-refractivity contribution in [1.82, 2.24) is 0 Å². The van der Waals surface area contributed by atoms with Gasteiger partial charge in [0.2, 0.25) is 0 Å². The first-order chi connectivity index (χ1) is 8.24. The monoisotopic (exact) mass is 222 g/mol. The first kappa shape index (κ1) is 11.0. The van der Waals surface area contributed by atoms with Gasteiger partial charge >= 0.3 is 5.97 Å². The van der Waals surface area contributed by atoms with Gasteiger partial charge in [-0.3, -0.25) is 0 Å². The fourth-order valence-electron chi connectivity index (χ4n) is 1.74.